The number of para-hydroxylation sites is 2. The maximum Gasteiger partial charge on any atom is 0.262 e. The van der Waals surface area contributed by atoms with Gasteiger partial charge in [-0.1, -0.05) is 32.4 Å². The van der Waals surface area contributed by atoms with Crippen molar-refractivity contribution in [3.05, 3.63) is 53.9 Å². The average molecular weight is 378 g/mol. The van der Waals surface area contributed by atoms with Gasteiger partial charge in [-0.15, -0.1) is 0 Å². The molecule has 2 amide bonds. The molecule has 0 saturated heterocycles. The minimum absolute atomic E-state index is 0.0132. The lowest BCUT2D eigenvalue weighted by molar-refractivity contribution is -0.118. The van der Waals surface area contributed by atoms with E-state index < -0.39 is 0 Å². The molecule has 0 unspecified atom stereocenters. The summed E-state index contributed by atoms with van der Waals surface area (Å²) in [6.07, 6.45) is 0.885. The molecule has 2 aromatic carbocycles. The molecule has 7 heteroatoms. The van der Waals surface area contributed by atoms with Gasteiger partial charge in [0.15, 0.2) is 6.61 Å². The van der Waals surface area contributed by atoms with E-state index in [9.17, 15) is 9.59 Å². The molecular weight excluding hydrogens is 356 g/mol. The largest absolute Gasteiger partial charge is 0.482 e. The summed E-state index contributed by atoms with van der Waals surface area (Å²) < 4.78 is 5.35. The molecule has 3 N–H and O–H groups in total. The third kappa shape index (κ3) is 3.43. The van der Waals surface area contributed by atoms with Crippen molar-refractivity contribution in [1.82, 2.24) is 15.3 Å². The maximum absolute atomic E-state index is 12.9. The van der Waals surface area contributed by atoms with Crippen LogP contribution in [0.1, 0.15) is 42.5 Å². The van der Waals surface area contributed by atoms with Crippen molar-refractivity contribution in [2.75, 3.05) is 11.9 Å². The number of nitrogens with one attached hydrogen (secondary N) is 3. The summed E-state index contributed by atoms with van der Waals surface area (Å²) in [4.78, 5) is 32.4. The highest BCUT2D eigenvalue weighted by Crippen LogP contribution is 2.29. The second-order valence-electron chi connectivity index (χ2n) is 7.02. The van der Waals surface area contributed by atoms with Crippen molar-refractivity contribution >= 4 is 28.5 Å². The van der Waals surface area contributed by atoms with Crippen LogP contribution in [-0.2, 0) is 4.79 Å². The predicted molar refractivity (Wildman–Crippen MR) is 106 cm³/mol. The van der Waals surface area contributed by atoms with E-state index in [0.717, 1.165) is 23.3 Å². The first-order chi connectivity index (χ1) is 13.5. The number of anilines is 1. The molecule has 28 heavy (non-hydrogen) atoms. The molecule has 2 atom stereocenters. The van der Waals surface area contributed by atoms with Crippen LogP contribution in [0.5, 0.6) is 5.75 Å². The SMILES string of the molecule is CC[C@H](C)[C@H](NC(=O)c1ccc2c(c1)NC(=O)CO2)c1nc2ccccc2[nH]1. The van der Waals surface area contributed by atoms with Crippen LogP contribution < -0.4 is 15.4 Å². The molecule has 2 heterocycles. The van der Waals surface area contributed by atoms with Crippen molar-refractivity contribution in [2.45, 2.75) is 26.3 Å². The van der Waals surface area contributed by atoms with Crippen LogP contribution in [0.25, 0.3) is 11.0 Å². The first-order valence-corrected chi connectivity index (χ1v) is 9.37. The van der Waals surface area contributed by atoms with Gasteiger partial charge >= 0.3 is 0 Å². The van der Waals surface area contributed by atoms with Gasteiger partial charge in [0, 0.05) is 5.56 Å². The Morgan fingerprint density at radius 2 is 2.11 bits per heavy atom. The molecule has 0 fully saturated rings. The summed E-state index contributed by atoms with van der Waals surface area (Å²) in [5.41, 5.74) is 2.77. The Labute approximate surface area is 162 Å². The topological polar surface area (TPSA) is 96.1 Å². The average Bonchev–Trinajstić information content (AvgIpc) is 3.14. The fourth-order valence-corrected chi connectivity index (χ4v) is 3.28. The zero-order chi connectivity index (χ0) is 19.7. The normalized spacial score (nSPS) is 15.3. The van der Waals surface area contributed by atoms with E-state index in [0.29, 0.717) is 17.0 Å². The first kappa shape index (κ1) is 18.0. The Balaban J connectivity index is 1.61. The lowest BCUT2D eigenvalue weighted by Crippen LogP contribution is -2.33. The van der Waals surface area contributed by atoms with E-state index in [1.165, 1.54) is 0 Å². The van der Waals surface area contributed by atoms with Crippen LogP contribution in [0.4, 0.5) is 5.69 Å². The quantitative estimate of drug-likeness (QED) is 0.634. The Bertz CT molecular complexity index is 1010. The predicted octanol–water partition coefficient (Wildman–Crippen LogP) is 3.41. The molecule has 0 saturated carbocycles. The molecule has 1 aliphatic rings. The minimum Gasteiger partial charge on any atom is -0.482 e. The van der Waals surface area contributed by atoms with Gasteiger partial charge in [-0.05, 0) is 36.2 Å². The number of amides is 2. The standard InChI is InChI=1S/C21H22N4O3/c1-3-12(2)19(20-23-14-6-4-5-7-15(14)24-20)25-21(27)13-8-9-17-16(10-13)22-18(26)11-28-17/h4-10,12,19H,3,11H2,1-2H3,(H,22,26)(H,23,24)(H,25,27)/t12-,19-/m0/s1. The number of carbonyl (C=O) groups is 2. The molecular formula is C21H22N4O3. The van der Waals surface area contributed by atoms with Crippen molar-refractivity contribution in [1.29, 1.82) is 0 Å². The van der Waals surface area contributed by atoms with Crippen LogP contribution in [-0.4, -0.2) is 28.4 Å². The van der Waals surface area contributed by atoms with Gasteiger partial charge in [0.25, 0.3) is 11.8 Å². The number of fused-ring (bicyclic) bond motifs is 2. The van der Waals surface area contributed by atoms with Crippen LogP contribution in [0.15, 0.2) is 42.5 Å². The molecule has 0 aliphatic carbocycles. The second-order valence-corrected chi connectivity index (χ2v) is 7.02. The van der Waals surface area contributed by atoms with Gasteiger partial charge in [-0.2, -0.15) is 0 Å². The van der Waals surface area contributed by atoms with Crippen molar-refractivity contribution in [3.63, 3.8) is 0 Å². The van der Waals surface area contributed by atoms with E-state index in [1.54, 1.807) is 18.2 Å². The van der Waals surface area contributed by atoms with E-state index in [2.05, 4.69) is 34.4 Å². The molecule has 7 nitrogen and oxygen atoms in total. The highest BCUT2D eigenvalue weighted by Gasteiger charge is 2.25. The zero-order valence-corrected chi connectivity index (χ0v) is 15.8. The van der Waals surface area contributed by atoms with E-state index in [4.69, 9.17) is 4.74 Å². The Morgan fingerprint density at radius 1 is 1.29 bits per heavy atom. The third-order valence-electron chi connectivity index (χ3n) is 5.08. The lowest BCUT2D eigenvalue weighted by Gasteiger charge is -2.23. The second kappa shape index (κ2) is 7.34. The Kier molecular flexibility index (Phi) is 4.73. The van der Waals surface area contributed by atoms with Crippen LogP contribution >= 0.6 is 0 Å². The number of hydrogen-bond acceptors (Lipinski definition) is 4. The van der Waals surface area contributed by atoms with E-state index >= 15 is 0 Å². The molecule has 0 radical (unpaired) electrons. The van der Waals surface area contributed by atoms with Crippen molar-refractivity contribution in [2.24, 2.45) is 5.92 Å². The van der Waals surface area contributed by atoms with E-state index in [1.807, 2.05) is 24.3 Å². The van der Waals surface area contributed by atoms with Gasteiger partial charge in [-0.3, -0.25) is 9.59 Å². The first-order valence-electron chi connectivity index (χ1n) is 9.37. The molecule has 4 rings (SSSR count). The Hall–Kier alpha value is -3.35. The number of rotatable bonds is 5. The van der Waals surface area contributed by atoms with Crippen LogP contribution in [0, 0.1) is 5.92 Å². The molecule has 0 bridgehead atoms. The van der Waals surface area contributed by atoms with E-state index in [-0.39, 0.29) is 30.4 Å². The maximum atomic E-state index is 12.9. The summed E-state index contributed by atoms with van der Waals surface area (Å²) in [7, 11) is 0. The number of aromatic amines is 1. The summed E-state index contributed by atoms with van der Waals surface area (Å²) in [5, 5.41) is 5.82. The monoisotopic (exact) mass is 378 g/mol. The fourth-order valence-electron chi connectivity index (χ4n) is 3.28. The number of hydrogen-bond donors (Lipinski definition) is 3. The molecule has 1 aliphatic heterocycles. The van der Waals surface area contributed by atoms with Crippen molar-refractivity contribution < 1.29 is 14.3 Å². The summed E-state index contributed by atoms with van der Waals surface area (Å²) in [6.45, 7) is 4.15. The molecule has 3 aromatic rings. The Morgan fingerprint density at radius 3 is 2.89 bits per heavy atom. The van der Waals surface area contributed by atoms with Gasteiger partial charge in [0.2, 0.25) is 0 Å². The van der Waals surface area contributed by atoms with Crippen LogP contribution in [0.2, 0.25) is 0 Å². The highest BCUT2D eigenvalue weighted by molar-refractivity contribution is 6.00. The summed E-state index contributed by atoms with van der Waals surface area (Å²) >= 11 is 0. The lowest BCUT2D eigenvalue weighted by atomic mass is 9.98. The summed E-state index contributed by atoms with van der Waals surface area (Å²) in [5.74, 6) is 1.02. The number of ether oxygens (including phenoxy) is 1. The van der Waals surface area contributed by atoms with Crippen LogP contribution in [0.3, 0.4) is 0 Å². The van der Waals surface area contributed by atoms with Gasteiger partial charge < -0.3 is 20.4 Å². The van der Waals surface area contributed by atoms with Gasteiger partial charge in [-0.25, -0.2) is 4.98 Å². The molecule has 144 valence electrons. The number of benzene rings is 2. The molecule has 1 aromatic heterocycles. The zero-order valence-electron chi connectivity index (χ0n) is 15.8. The van der Waals surface area contributed by atoms with Gasteiger partial charge in [0.05, 0.1) is 22.8 Å². The van der Waals surface area contributed by atoms with Crippen molar-refractivity contribution in [3.8, 4) is 5.75 Å². The minimum atomic E-state index is -0.258. The highest BCUT2D eigenvalue weighted by atomic mass is 16.5. The third-order valence-corrected chi connectivity index (χ3v) is 5.08. The number of aromatic nitrogens is 2. The number of nitrogens with zero attached hydrogens (tertiary/aromatic N) is 1. The molecule has 0 spiro atoms. The summed E-state index contributed by atoms with van der Waals surface area (Å²) in [6, 6.07) is 12.6. The number of carbonyl (C=O) groups excluding carboxylic acids is 2. The fraction of sp³-hybridized carbons (Fsp3) is 0.286. The number of imidazole rings is 1. The smallest absolute Gasteiger partial charge is 0.262 e. The number of H-pyrrole nitrogens is 1. The van der Waals surface area contributed by atoms with Gasteiger partial charge in [0.1, 0.15) is 11.6 Å².